The molecule has 0 bridgehead atoms. The lowest BCUT2D eigenvalue weighted by Gasteiger charge is -2.26. The van der Waals surface area contributed by atoms with E-state index >= 15 is 0 Å². The average Bonchev–Trinajstić information content (AvgIpc) is 2.02. The van der Waals surface area contributed by atoms with Crippen LogP contribution in [0.15, 0.2) is 0 Å². The summed E-state index contributed by atoms with van der Waals surface area (Å²) in [4.78, 5) is 11.2. The molecule has 0 spiro atoms. The second kappa shape index (κ2) is 4.06. The monoisotopic (exact) mass is 206 g/mol. The first-order chi connectivity index (χ1) is 6.08. The van der Waals surface area contributed by atoms with Crippen LogP contribution < -0.4 is 5.32 Å². The molecule has 1 saturated heterocycles. The Kier molecular flexibility index (Phi) is 3.27. The maximum absolute atomic E-state index is 11.4. The Bertz CT molecular complexity index is 286. The summed E-state index contributed by atoms with van der Waals surface area (Å²) in [6.07, 6.45) is 0.806. The normalized spacial score (nSPS) is 21.9. The number of carbonyl (C=O) groups is 1. The summed E-state index contributed by atoms with van der Waals surface area (Å²) in [6.45, 7) is 0.753. The zero-order chi connectivity index (χ0) is 9.90. The maximum Gasteiger partial charge on any atom is 0.237 e. The number of rotatable bonds is 3. The molecule has 0 aliphatic carbocycles. The van der Waals surface area contributed by atoms with Gasteiger partial charge in [0.25, 0.3) is 0 Å². The third kappa shape index (κ3) is 2.41. The SMILES string of the molecule is CNCCN1C(=O)CCCS1(=O)=O. The molecule has 76 valence electrons. The molecule has 1 rings (SSSR count). The summed E-state index contributed by atoms with van der Waals surface area (Å²) in [7, 11) is -1.58. The largest absolute Gasteiger partial charge is 0.318 e. The first kappa shape index (κ1) is 10.5. The summed E-state index contributed by atoms with van der Waals surface area (Å²) in [5.41, 5.74) is 0. The molecule has 1 heterocycles. The van der Waals surface area contributed by atoms with Crippen LogP contribution in [-0.4, -0.2) is 44.5 Å². The Balaban J connectivity index is 2.70. The fourth-order valence-corrected chi connectivity index (χ4v) is 2.77. The predicted molar refractivity (Wildman–Crippen MR) is 48.7 cm³/mol. The van der Waals surface area contributed by atoms with Crippen molar-refractivity contribution in [3.63, 3.8) is 0 Å². The van der Waals surface area contributed by atoms with E-state index < -0.39 is 10.0 Å². The van der Waals surface area contributed by atoms with Gasteiger partial charge < -0.3 is 5.32 Å². The van der Waals surface area contributed by atoms with E-state index in [2.05, 4.69) is 5.32 Å². The Morgan fingerprint density at radius 1 is 1.54 bits per heavy atom. The van der Waals surface area contributed by atoms with E-state index in [4.69, 9.17) is 0 Å². The quantitative estimate of drug-likeness (QED) is 0.653. The smallest absolute Gasteiger partial charge is 0.237 e. The van der Waals surface area contributed by atoms with Crippen LogP contribution in [0.25, 0.3) is 0 Å². The molecule has 13 heavy (non-hydrogen) atoms. The summed E-state index contributed by atoms with van der Waals surface area (Å²) >= 11 is 0. The Labute approximate surface area is 78.2 Å². The third-order valence-electron chi connectivity index (χ3n) is 1.97. The van der Waals surface area contributed by atoms with Crippen molar-refractivity contribution >= 4 is 15.9 Å². The average molecular weight is 206 g/mol. The molecule has 0 atom stereocenters. The number of likely N-dealkylation sites (N-methyl/N-ethyl adjacent to an activating group) is 1. The lowest BCUT2D eigenvalue weighted by molar-refractivity contribution is -0.126. The van der Waals surface area contributed by atoms with Crippen LogP contribution in [0, 0.1) is 0 Å². The van der Waals surface area contributed by atoms with Gasteiger partial charge in [0.2, 0.25) is 15.9 Å². The van der Waals surface area contributed by atoms with E-state index in [1.807, 2.05) is 0 Å². The van der Waals surface area contributed by atoms with Crippen molar-refractivity contribution in [3.05, 3.63) is 0 Å². The van der Waals surface area contributed by atoms with Gasteiger partial charge in [0.1, 0.15) is 0 Å². The van der Waals surface area contributed by atoms with Crippen molar-refractivity contribution in [2.75, 3.05) is 25.9 Å². The van der Waals surface area contributed by atoms with Crippen LogP contribution in [0.4, 0.5) is 0 Å². The van der Waals surface area contributed by atoms with E-state index in [9.17, 15) is 13.2 Å². The number of amides is 1. The highest BCUT2D eigenvalue weighted by atomic mass is 32.2. The minimum absolute atomic E-state index is 0.0997. The molecule has 5 nitrogen and oxygen atoms in total. The number of hydrogen-bond donors (Lipinski definition) is 1. The summed E-state index contributed by atoms with van der Waals surface area (Å²) < 4.78 is 23.7. The van der Waals surface area contributed by atoms with Gasteiger partial charge in [-0.1, -0.05) is 0 Å². The molecule has 1 fully saturated rings. The lowest BCUT2D eigenvalue weighted by atomic mass is 10.3. The molecule has 0 radical (unpaired) electrons. The number of nitrogens with zero attached hydrogens (tertiary/aromatic N) is 1. The van der Waals surface area contributed by atoms with Gasteiger partial charge in [0, 0.05) is 19.5 Å². The molecule has 0 unspecified atom stereocenters. The van der Waals surface area contributed by atoms with Crippen LogP contribution >= 0.6 is 0 Å². The van der Waals surface area contributed by atoms with Crippen LogP contribution in [0.3, 0.4) is 0 Å². The molecule has 0 aromatic heterocycles. The van der Waals surface area contributed by atoms with E-state index in [-0.39, 0.29) is 18.2 Å². The van der Waals surface area contributed by atoms with E-state index in [0.717, 1.165) is 4.31 Å². The van der Waals surface area contributed by atoms with Crippen molar-refractivity contribution in [3.8, 4) is 0 Å². The van der Waals surface area contributed by atoms with Crippen molar-refractivity contribution in [2.45, 2.75) is 12.8 Å². The van der Waals surface area contributed by atoms with Gasteiger partial charge in [-0.25, -0.2) is 12.7 Å². The number of carbonyl (C=O) groups excluding carboxylic acids is 1. The molecule has 1 aliphatic heterocycles. The van der Waals surface area contributed by atoms with Crippen LogP contribution in [0.5, 0.6) is 0 Å². The second-order valence-electron chi connectivity index (χ2n) is 2.99. The lowest BCUT2D eigenvalue weighted by Crippen LogP contribution is -2.44. The topological polar surface area (TPSA) is 66.5 Å². The number of nitrogens with one attached hydrogen (secondary N) is 1. The van der Waals surface area contributed by atoms with Crippen molar-refractivity contribution in [1.29, 1.82) is 0 Å². The molecular weight excluding hydrogens is 192 g/mol. The van der Waals surface area contributed by atoms with Gasteiger partial charge >= 0.3 is 0 Å². The zero-order valence-electron chi connectivity index (χ0n) is 7.62. The third-order valence-corrected chi connectivity index (χ3v) is 3.83. The highest BCUT2D eigenvalue weighted by Crippen LogP contribution is 2.13. The Hall–Kier alpha value is -0.620. The van der Waals surface area contributed by atoms with Gasteiger partial charge in [-0.2, -0.15) is 0 Å². The molecule has 1 aliphatic rings. The first-order valence-corrected chi connectivity index (χ1v) is 5.86. The highest BCUT2D eigenvalue weighted by molar-refractivity contribution is 7.89. The first-order valence-electron chi connectivity index (χ1n) is 4.26. The summed E-state index contributed by atoms with van der Waals surface area (Å²) in [5.74, 6) is -0.177. The van der Waals surface area contributed by atoms with Crippen molar-refractivity contribution < 1.29 is 13.2 Å². The minimum atomic E-state index is -3.30. The van der Waals surface area contributed by atoms with Gasteiger partial charge in [-0.3, -0.25) is 4.79 Å². The molecule has 0 aromatic carbocycles. The van der Waals surface area contributed by atoms with E-state index in [0.29, 0.717) is 19.4 Å². The van der Waals surface area contributed by atoms with Crippen LogP contribution in [0.2, 0.25) is 0 Å². The van der Waals surface area contributed by atoms with Crippen molar-refractivity contribution in [2.24, 2.45) is 0 Å². The van der Waals surface area contributed by atoms with Crippen molar-refractivity contribution in [1.82, 2.24) is 9.62 Å². The molecule has 1 amide bonds. The Morgan fingerprint density at radius 2 is 2.23 bits per heavy atom. The molecule has 6 heteroatoms. The van der Waals surface area contributed by atoms with Gasteiger partial charge in [0.05, 0.1) is 5.75 Å². The van der Waals surface area contributed by atoms with Gasteiger partial charge in [-0.15, -0.1) is 0 Å². The fourth-order valence-electron chi connectivity index (χ4n) is 1.27. The van der Waals surface area contributed by atoms with Gasteiger partial charge in [-0.05, 0) is 13.5 Å². The highest BCUT2D eigenvalue weighted by Gasteiger charge is 2.30. The number of hydrogen-bond acceptors (Lipinski definition) is 4. The van der Waals surface area contributed by atoms with E-state index in [1.54, 1.807) is 7.05 Å². The molecule has 0 saturated carbocycles. The maximum atomic E-state index is 11.4. The van der Waals surface area contributed by atoms with Crippen LogP contribution in [-0.2, 0) is 14.8 Å². The van der Waals surface area contributed by atoms with Crippen LogP contribution in [0.1, 0.15) is 12.8 Å². The fraction of sp³-hybridized carbons (Fsp3) is 0.857. The number of sulfonamides is 1. The summed E-state index contributed by atoms with van der Waals surface area (Å²) in [5, 5.41) is 2.81. The van der Waals surface area contributed by atoms with E-state index in [1.165, 1.54) is 0 Å². The molecular formula is C7H14N2O3S. The Morgan fingerprint density at radius 3 is 2.77 bits per heavy atom. The zero-order valence-corrected chi connectivity index (χ0v) is 8.43. The minimum Gasteiger partial charge on any atom is -0.318 e. The molecule has 0 aromatic rings. The van der Waals surface area contributed by atoms with Gasteiger partial charge in [0.15, 0.2) is 0 Å². The second-order valence-corrected chi connectivity index (χ2v) is 5.00. The summed E-state index contributed by atoms with van der Waals surface area (Å²) in [6, 6.07) is 0. The standard InChI is InChI=1S/C7H14N2O3S/c1-8-4-5-9-7(10)3-2-6-13(9,11)12/h8H,2-6H2,1H3. The molecule has 1 N–H and O–H groups in total. The predicted octanol–water partition coefficient (Wildman–Crippen LogP) is -0.842.